The van der Waals surface area contributed by atoms with Crippen molar-refractivity contribution in [2.45, 2.75) is 6.92 Å². The molecule has 0 aliphatic heterocycles. The highest BCUT2D eigenvalue weighted by molar-refractivity contribution is 7.07. The summed E-state index contributed by atoms with van der Waals surface area (Å²) in [6.45, 7) is 2.04. The summed E-state index contributed by atoms with van der Waals surface area (Å²) >= 11 is 1.58. The molecule has 0 aliphatic rings. The van der Waals surface area contributed by atoms with Crippen molar-refractivity contribution in [1.29, 1.82) is 0 Å². The smallest absolute Gasteiger partial charge is 0.210 e. The van der Waals surface area contributed by atoms with E-state index in [1.54, 1.807) is 29.9 Å². The Bertz CT molecular complexity index is 551. The SMILES string of the molecule is Cc1cs/c(=N\N=Cc2ccncc2)n1C. The minimum atomic E-state index is 0.891. The second-order valence-electron chi connectivity index (χ2n) is 3.34. The van der Waals surface area contributed by atoms with Crippen LogP contribution in [0.15, 0.2) is 40.1 Å². The zero-order valence-corrected chi connectivity index (χ0v) is 9.98. The highest BCUT2D eigenvalue weighted by atomic mass is 32.1. The van der Waals surface area contributed by atoms with Gasteiger partial charge in [0.1, 0.15) is 0 Å². The Labute approximate surface area is 97.6 Å². The van der Waals surface area contributed by atoms with Gasteiger partial charge in [0, 0.05) is 30.5 Å². The molecule has 4 nitrogen and oxygen atoms in total. The molecular weight excluding hydrogens is 220 g/mol. The molecule has 0 radical (unpaired) electrons. The van der Waals surface area contributed by atoms with Crippen molar-refractivity contribution in [3.63, 3.8) is 0 Å². The number of aromatic nitrogens is 2. The van der Waals surface area contributed by atoms with Crippen LogP contribution in [0, 0.1) is 6.92 Å². The van der Waals surface area contributed by atoms with Crippen LogP contribution in [0.2, 0.25) is 0 Å². The molecule has 16 heavy (non-hydrogen) atoms. The number of pyridine rings is 1. The second-order valence-corrected chi connectivity index (χ2v) is 4.18. The molecule has 0 saturated carbocycles. The first-order chi connectivity index (χ1) is 7.77. The van der Waals surface area contributed by atoms with Crippen molar-refractivity contribution in [3.8, 4) is 0 Å². The molecule has 0 aliphatic carbocycles. The maximum absolute atomic E-state index is 4.15. The number of nitrogens with zero attached hydrogens (tertiary/aromatic N) is 4. The third kappa shape index (κ3) is 2.43. The summed E-state index contributed by atoms with van der Waals surface area (Å²) in [7, 11) is 1.98. The Kier molecular flexibility index (Phi) is 3.26. The van der Waals surface area contributed by atoms with Gasteiger partial charge in [0.15, 0.2) is 0 Å². The van der Waals surface area contributed by atoms with Gasteiger partial charge in [-0.15, -0.1) is 16.4 Å². The van der Waals surface area contributed by atoms with Crippen molar-refractivity contribution in [3.05, 3.63) is 46.0 Å². The third-order valence-corrected chi connectivity index (χ3v) is 3.23. The lowest BCUT2D eigenvalue weighted by Gasteiger charge is -1.91. The summed E-state index contributed by atoms with van der Waals surface area (Å²) in [5, 5.41) is 10.3. The average molecular weight is 232 g/mol. The van der Waals surface area contributed by atoms with Crippen LogP contribution in [0.1, 0.15) is 11.3 Å². The molecule has 0 unspecified atom stereocenters. The summed E-state index contributed by atoms with van der Waals surface area (Å²) in [6, 6.07) is 3.78. The molecule has 0 N–H and O–H groups in total. The maximum atomic E-state index is 4.15. The molecule has 2 aromatic rings. The van der Waals surface area contributed by atoms with E-state index in [1.807, 2.05) is 30.7 Å². The normalized spacial score (nSPS) is 12.5. The highest BCUT2D eigenvalue weighted by Gasteiger charge is 1.93. The van der Waals surface area contributed by atoms with Crippen LogP contribution in [0.3, 0.4) is 0 Å². The zero-order valence-electron chi connectivity index (χ0n) is 9.16. The van der Waals surface area contributed by atoms with E-state index in [4.69, 9.17) is 0 Å². The van der Waals surface area contributed by atoms with Crippen molar-refractivity contribution >= 4 is 17.6 Å². The lowest BCUT2D eigenvalue weighted by Crippen LogP contribution is -2.10. The van der Waals surface area contributed by atoms with Crippen molar-refractivity contribution < 1.29 is 0 Å². The molecular formula is C11H12N4S. The zero-order chi connectivity index (χ0) is 11.4. The van der Waals surface area contributed by atoms with E-state index in [1.165, 1.54) is 5.69 Å². The van der Waals surface area contributed by atoms with E-state index in [2.05, 4.69) is 20.6 Å². The van der Waals surface area contributed by atoms with Gasteiger partial charge in [-0.25, -0.2) is 0 Å². The third-order valence-electron chi connectivity index (χ3n) is 2.21. The van der Waals surface area contributed by atoms with E-state index in [9.17, 15) is 0 Å². The molecule has 0 fully saturated rings. The van der Waals surface area contributed by atoms with Crippen LogP contribution in [0.4, 0.5) is 0 Å². The molecule has 2 heterocycles. The summed E-state index contributed by atoms with van der Waals surface area (Å²) in [5.41, 5.74) is 2.18. The lowest BCUT2D eigenvalue weighted by molar-refractivity contribution is 0.820. The van der Waals surface area contributed by atoms with Gasteiger partial charge >= 0.3 is 0 Å². The second kappa shape index (κ2) is 4.85. The van der Waals surface area contributed by atoms with Gasteiger partial charge in [-0.2, -0.15) is 5.10 Å². The first-order valence-corrected chi connectivity index (χ1v) is 5.73. The standard InChI is InChI=1S/C11H12N4S/c1-9-8-16-11(15(9)2)14-13-7-10-3-5-12-6-4-10/h3-8H,1-2H3/b13-7?,14-11-. The van der Waals surface area contributed by atoms with Crippen molar-refractivity contribution in [2.24, 2.45) is 17.3 Å². The number of thiazole rings is 1. The van der Waals surface area contributed by atoms with Crippen molar-refractivity contribution in [1.82, 2.24) is 9.55 Å². The summed E-state index contributed by atoms with van der Waals surface area (Å²) in [4.78, 5) is 4.83. The first kappa shape index (κ1) is 10.8. The van der Waals surface area contributed by atoms with E-state index < -0.39 is 0 Å². The lowest BCUT2D eigenvalue weighted by atomic mass is 10.3. The number of hydrogen-bond acceptors (Lipinski definition) is 4. The molecule has 2 rings (SSSR count). The van der Waals surface area contributed by atoms with Gasteiger partial charge in [-0.05, 0) is 24.6 Å². The van der Waals surface area contributed by atoms with Crippen LogP contribution in [-0.4, -0.2) is 15.8 Å². The molecule has 5 heteroatoms. The van der Waals surface area contributed by atoms with Crippen molar-refractivity contribution in [2.75, 3.05) is 0 Å². The monoisotopic (exact) mass is 232 g/mol. The average Bonchev–Trinajstić information content (AvgIpc) is 2.62. The quantitative estimate of drug-likeness (QED) is 0.574. The van der Waals surface area contributed by atoms with Gasteiger partial charge in [-0.3, -0.25) is 4.98 Å². The summed E-state index contributed by atoms with van der Waals surface area (Å²) < 4.78 is 2.01. The van der Waals surface area contributed by atoms with E-state index >= 15 is 0 Å². The van der Waals surface area contributed by atoms with E-state index in [0.717, 1.165) is 10.4 Å². The Balaban J connectivity index is 2.21. The molecule has 2 aromatic heterocycles. The molecule has 0 atom stereocenters. The maximum Gasteiger partial charge on any atom is 0.210 e. The molecule has 0 spiro atoms. The fraction of sp³-hybridized carbons (Fsp3) is 0.182. The summed E-state index contributed by atoms with van der Waals surface area (Å²) in [5.74, 6) is 0. The fourth-order valence-electron chi connectivity index (χ4n) is 1.13. The Morgan fingerprint density at radius 3 is 2.75 bits per heavy atom. The minimum absolute atomic E-state index is 0.891. The van der Waals surface area contributed by atoms with Crippen LogP contribution in [0.25, 0.3) is 0 Å². The minimum Gasteiger partial charge on any atom is -0.323 e. The van der Waals surface area contributed by atoms with Crippen LogP contribution in [0.5, 0.6) is 0 Å². The Morgan fingerprint density at radius 1 is 1.38 bits per heavy atom. The van der Waals surface area contributed by atoms with Crippen LogP contribution in [-0.2, 0) is 7.05 Å². The molecule has 0 saturated heterocycles. The van der Waals surface area contributed by atoms with Crippen LogP contribution >= 0.6 is 11.3 Å². The predicted octanol–water partition coefficient (Wildman–Crippen LogP) is 1.72. The number of rotatable bonds is 2. The van der Waals surface area contributed by atoms with Gasteiger partial charge in [-0.1, -0.05) is 0 Å². The van der Waals surface area contributed by atoms with Gasteiger partial charge in [0.25, 0.3) is 0 Å². The van der Waals surface area contributed by atoms with Gasteiger partial charge in [0.05, 0.1) is 6.21 Å². The summed E-state index contributed by atoms with van der Waals surface area (Å²) in [6.07, 6.45) is 5.18. The fourth-order valence-corrected chi connectivity index (χ4v) is 1.96. The molecule has 0 bridgehead atoms. The Hall–Kier alpha value is -1.75. The molecule has 0 amide bonds. The van der Waals surface area contributed by atoms with Crippen LogP contribution < -0.4 is 4.80 Å². The van der Waals surface area contributed by atoms with E-state index in [-0.39, 0.29) is 0 Å². The van der Waals surface area contributed by atoms with Gasteiger partial charge in [0.2, 0.25) is 4.80 Å². The highest BCUT2D eigenvalue weighted by Crippen LogP contribution is 1.96. The Morgan fingerprint density at radius 2 is 2.12 bits per heavy atom. The van der Waals surface area contributed by atoms with E-state index in [0.29, 0.717) is 0 Å². The number of hydrogen-bond donors (Lipinski definition) is 0. The molecule has 82 valence electrons. The molecule has 0 aromatic carbocycles. The number of aryl methyl sites for hydroxylation is 1. The van der Waals surface area contributed by atoms with Gasteiger partial charge < -0.3 is 4.57 Å². The topological polar surface area (TPSA) is 42.5 Å². The predicted molar refractivity (Wildman–Crippen MR) is 65.4 cm³/mol. The largest absolute Gasteiger partial charge is 0.323 e. The first-order valence-electron chi connectivity index (χ1n) is 4.85.